The van der Waals surface area contributed by atoms with Gasteiger partial charge in [-0.1, -0.05) is 6.92 Å². The Bertz CT molecular complexity index is 142. The standard InChI is InChI=1S/C7H11N/c1-3-7-5-8-4-6(7)2/h4H,3,5H2,1-2H3. The highest BCUT2D eigenvalue weighted by Crippen LogP contribution is 2.11. The Hall–Kier alpha value is -0.590. The van der Waals surface area contributed by atoms with E-state index in [1.54, 1.807) is 0 Å². The van der Waals surface area contributed by atoms with Crippen LogP contribution in [0.4, 0.5) is 0 Å². The van der Waals surface area contributed by atoms with Gasteiger partial charge >= 0.3 is 0 Å². The van der Waals surface area contributed by atoms with Crippen molar-refractivity contribution in [3.05, 3.63) is 11.1 Å². The maximum atomic E-state index is 4.12. The van der Waals surface area contributed by atoms with Gasteiger partial charge in [-0.05, 0) is 24.5 Å². The molecule has 1 nitrogen and oxygen atoms in total. The molecule has 0 bridgehead atoms. The van der Waals surface area contributed by atoms with Crippen molar-refractivity contribution in [2.45, 2.75) is 20.3 Å². The van der Waals surface area contributed by atoms with E-state index < -0.39 is 0 Å². The van der Waals surface area contributed by atoms with Crippen LogP contribution in [-0.4, -0.2) is 12.8 Å². The zero-order valence-electron chi connectivity index (χ0n) is 5.44. The van der Waals surface area contributed by atoms with Gasteiger partial charge in [-0.15, -0.1) is 0 Å². The first-order valence-electron chi connectivity index (χ1n) is 3.03. The van der Waals surface area contributed by atoms with Crippen LogP contribution in [0.3, 0.4) is 0 Å². The molecule has 0 amide bonds. The van der Waals surface area contributed by atoms with Crippen LogP contribution in [0.1, 0.15) is 20.3 Å². The van der Waals surface area contributed by atoms with E-state index in [1.165, 1.54) is 11.1 Å². The number of hydrogen-bond donors (Lipinski definition) is 0. The summed E-state index contributed by atoms with van der Waals surface area (Å²) in [5, 5.41) is 0. The van der Waals surface area contributed by atoms with E-state index in [0.717, 1.165) is 13.0 Å². The molecule has 1 heteroatoms. The van der Waals surface area contributed by atoms with Crippen molar-refractivity contribution in [1.29, 1.82) is 0 Å². The lowest BCUT2D eigenvalue weighted by Gasteiger charge is -1.93. The Morgan fingerprint density at radius 3 is 2.75 bits per heavy atom. The fraction of sp³-hybridized carbons (Fsp3) is 0.571. The normalized spacial score (nSPS) is 18.2. The van der Waals surface area contributed by atoms with Crippen molar-refractivity contribution in [3.8, 4) is 0 Å². The van der Waals surface area contributed by atoms with Crippen molar-refractivity contribution in [2.24, 2.45) is 4.99 Å². The van der Waals surface area contributed by atoms with E-state index in [0.29, 0.717) is 0 Å². The smallest absolute Gasteiger partial charge is 0.0605 e. The third-order valence-electron chi connectivity index (χ3n) is 1.55. The molecular formula is C7H11N. The summed E-state index contributed by atoms with van der Waals surface area (Å²) < 4.78 is 0. The maximum absolute atomic E-state index is 4.12. The van der Waals surface area contributed by atoms with Gasteiger partial charge in [-0.2, -0.15) is 0 Å². The molecule has 0 saturated heterocycles. The molecule has 0 saturated carbocycles. The first kappa shape index (κ1) is 5.54. The largest absolute Gasteiger partial charge is 0.288 e. The van der Waals surface area contributed by atoms with Crippen LogP contribution in [0.25, 0.3) is 0 Å². The first-order valence-corrected chi connectivity index (χ1v) is 3.03. The lowest BCUT2D eigenvalue weighted by atomic mass is 10.1. The minimum absolute atomic E-state index is 0.947. The molecule has 0 aliphatic carbocycles. The minimum atomic E-state index is 0.947. The summed E-state index contributed by atoms with van der Waals surface area (Å²) in [5.41, 5.74) is 2.86. The number of rotatable bonds is 1. The summed E-state index contributed by atoms with van der Waals surface area (Å²) in [5.74, 6) is 0. The molecule has 0 N–H and O–H groups in total. The predicted molar refractivity (Wildman–Crippen MR) is 36.4 cm³/mol. The Balaban J connectivity index is 2.68. The van der Waals surface area contributed by atoms with E-state index >= 15 is 0 Å². The third kappa shape index (κ3) is 0.808. The van der Waals surface area contributed by atoms with Crippen molar-refractivity contribution in [1.82, 2.24) is 0 Å². The van der Waals surface area contributed by atoms with Crippen LogP contribution in [0.5, 0.6) is 0 Å². The van der Waals surface area contributed by atoms with Crippen LogP contribution in [-0.2, 0) is 0 Å². The Kier molecular flexibility index (Phi) is 1.47. The molecule has 0 radical (unpaired) electrons. The second-order valence-corrected chi connectivity index (χ2v) is 2.11. The lowest BCUT2D eigenvalue weighted by Crippen LogP contribution is -1.82. The highest BCUT2D eigenvalue weighted by molar-refractivity contribution is 5.81. The second kappa shape index (κ2) is 2.12. The highest BCUT2D eigenvalue weighted by atomic mass is 14.7. The zero-order chi connectivity index (χ0) is 5.98. The average molecular weight is 109 g/mol. The molecule has 0 spiro atoms. The van der Waals surface area contributed by atoms with Crippen LogP contribution < -0.4 is 0 Å². The molecule has 1 rings (SSSR count). The molecule has 1 heterocycles. The molecule has 8 heavy (non-hydrogen) atoms. The van der Waals surface area contributed by atoms with E-state index in [1.807, 2.05) is 6.21 Å². The summed E-state index contributed by atoms with van der Waals surface area (Å²) >= 11 is 0. The fourth-order valence-corrected chi connectivity index (χ4v) is 0.899. The topological polar surface area (TPSA) is 12.4 Å². The van der Waals surface area contributed by atoms with Gasteiger partial charge in [0.25, 0.3) is 0 Å². The van der Waals surface area contributed by atoms with Gasteiger partial charge in [0.1, 0.15) is 0 Å². The van der Waals surface area contributed by atoms with Crippen LogP contribution in [0, 0.1) is 0 Å². The second-order valence-electron chi connectivity index (χ2n) is 2.11. The molecule has 0 aromatic carbocycles. The molecule has 0 aromatic heterocycles. The monoisotopic (exact) mass is 109 g/mol. The maximum Gasteiger partial charge on any atom is 0.0605 e. The molecule has 0 aromatic rings. The quantitative estimate of drug-likeness (QED) is 0.487. The van der Waals surface area contributed by atoms with Crippen LogP contribution in [0.15, 0.2) is 16.1 Å². The molecule has 1 aliphatic rings. The van der Waals surface area contributed by atoms with Crippen molar-refractivity contribution in [3.63, 3.8) is 0 Å². The predicted octanol–water partition coefficient (Wildman–Crippen LogP) is 1.80. The fourth-order valence-electron chi connectivity index (χ4n) is 0.899. The highest BCUT2D eigenvalue weighted by Gasteiger charge is 2.01. The van der Waals surface area contributed by atoms with Crippen molar-refractivity contribution >= 4 is 6.21 Å². The molecule has 44 valence electrons. The number of hydrogen-bond acceptors (Lipinski definition) is 1. The Morgan fingerprint density at radius 1 is 1.75 bits per heavy atom. The van der Waals surface area contributed by atoms with Crippen molar-refractivity contribution in [2.75, 3.05) is 6.54 Å². The molecule has 1 aliphatic heterocycles. The summed E-state index contributed by atoms with van der Waals surface area (Å²) in [6.07, 6.45) is 3.12. The lowest BCUT2D eigenvalue weighted by molar-refractivity contribution is 1.02. The van der Waals surface area contributed by atoms with Gasteiger partial charge in [-0.3, -0.25) is 4.99 Å². The molecule has 0 unspecified atom stereocenters. The van der Waals surface area contributed by atoms with Gasteiger partial charge in [-0.25, -0.2) is 0 Å². The van der Waals surface area contributed by atoms with Gasteiger partial charge in [0, 0.05) is 6.21 Å². The van der Waals surface area contributed by atoms with Gasteiger partial charge < -0.3 is 0 Å². The number of nitrogens with zero attached hydrogens (tertiary/aromatic N) is 1. The SMILES string of the molecule is CCC1=C(C)C=NC1. The van der Waals surface area contributed by atoms with E-state index in [9.17, 15) is 0 Å². The summed E-state index contributed by atoms with van der Waals surface area (Å²) in [6, 6.07) is 0. The van der Waals surface area contributed by atoms with Gasteiger partial charge in [0.05, 0.1) is 6.54 Å². The van der Waals surface area contributed by atoms with Gasteiger partial charge in [0.2, 0.25) is 0 Å². The summed E-state index contributed by atoms with van der Waals surface area (Å²) in [7, 11) is 0. The third-order valence-corrected chi connectivity index (χ3v) is 1.55. The van der Waals surface area contributed by atoms with Crippen LogP contribution >= 0.6 is 0 Å². The zero-order valence-corrected chi connectivity index (χ0v) is 5.44. The number of allylic oxidation sites excluding steroid dienone is 1. The molecular weight excluding hydrogens is 98.1 g/mol. The first-order chi connectivity index (χ1) is 3.84. The molecule has 0 atom stereocenters. The van der Waals surface area contributed by atoms with E-state index in [4.69, 9.17) is 0 Å². The van der Waals surface area contributed by atoms with E-state index in [2.05, 4.69) is 18.8 Å². The summed E-state index contributed by atoms with van der Waals surface area (Å²) in [6.45, 7) is 5.24. The minimum Gasteiger partial charge on any atom is -0.288 e. The Labute approximate surface area is 50.1 Å². The Morgan fingerprint density at radius 2 is 2.50 bits per heavy atom. The van der Waals surface area contributed by atoms with E-state index in [-0.39, 0.29) is 0 Å². The van der Waals surface area contributed by atoms with Crippen molar-refractivity contribution < 1.29 is 0 Å². The summed E-state index contributed by atoms with van der Waals surface area (Å²) in [4.78, 5) is 4.12. The number of aliphatic imine (C=N–C) groups is 1. The molecule has 0 fully saturated rings. The average Bonchev–Trinajstić information content (AvgIpc) is 2.14. The van der Waals surface area contributed by atoms with Gasteiger partial charge in [0.15, 0.2) is 0 Å². The van der Waals surface area contributed by atoms with Crippen LogP contribution in [0.2, 0.25) is 0 Å².